The van der Waals surface area contributed by atoms with Gasteiger partial charge in [-0.15, -0.1) is 0 Å². The number of aromatic nitrogens is 2. The van der Waals surface area contributed by atoms with Crippen LogP contribution in [0.5, 0.6) is 0 Å². The second kappa shape index (κ2) is 5.09. The van der Waals surface area contributed by atoms with E-state index in [1.165, 1.54) is 6.07 Å². The Hall–Kier alpha value is -1.98. The van der Waals surface area contributed by atoms with Crippen LogP contribution in [0.1, 0.15) is 37.9 Å². The highest BCUT2D eigenvalue weighted by Gasteiger charge is 2.40. The molecule has 3 atom stereocenters. The number of aromatic amines is 1. The van der Waals surface area contributed by atoms with Gasteiger partial charge in [-0.1, -0.05) is 13.3 Å². The third kappa shape index (κ3) is 2.28. The van der Waals surface area contributed by atoms with Crippen molar-refractivity contribution < 1.29 is 18.7 Å². The molecule has 0 saturated heterocycles. The van der Waals surface area contributed by atoms with E-state index in [0.717, 1.165) is 12.5 Å². The summed E-state index contributed by atoms with van der Waals surface area (Å²) in [5.41, 5.74) is 0.335. The van der Waals surface area contributed by atoms with Crippen molar-refractivity contribution in [3.63, 3.8) is 0 Å². The minimum absolute atomic E-state index is 0.0610. The standard InChI is InChI=1S/C15H16F2N2O2/c1-2-7-5-8(9(6-7)15(20)21)14-18-11-4-3-10(16)12(17)13(11)19-14/h3-4,7-9H,2,5-6H2,1H3,(H,18,19)(H,20,21). The molecule has 4 nitrogen and oxygen atoms in total. The average molecular weight is 294 g/mol. The predicted octanol–water partition coefficient (Wildman–Crippen LogP) is 3.45. The van der Waals surface area contributed by atoms with Gasteiger partial charge in [0.25, 0.3) is 0 Å². The average Bonchev–Trinajstić information content (AvgIpc) is 3.06. The number of aliphatic carboxylic acids is 1. The fourth-order valence-electron chi connectivity index (χ4n) is 3.26. The molecule has 1 fully saturated rings. The lowest BCUT2D eigenvalue weighted by Gasteiger charge is -2.12. The SMILES string of the molecule is CCC1CC(C(=O)O)C(c2nc3c(F)c(F)ccc3[nH]2)C1. The largest absolute Gasteiger partial charge is 0.481 e. The van der Waals surface area contributed by atoms with Crippen molar-refractivity contribution in [1.29, 1.82) is 0 Å². The van der Waals surface area contributed by atoms with Crippen LogP contribution in [0.25, 0.3) is 11.0 Å². The molecule has 0 spiro atoms. The summed E-state index contributed by atoms with van der Waals surface area (Å²) < 4.78 is 27.0. The minimum atomic E-state index is -0.994. The molecule has 0 radical (unpaired) electrons. The number of carboxylic acid groups (broad SMARTS) is 1. The van der Waals surface area contributed by atoms with Crippen LogP contribution in [0.15, 0.2) is 12.1 Å². The van der Waals surface area contributed by atoms with Gasteiger partial charge in [-0.05, 0) is 30.9 Å². The first-order valence-corrected chi connectivity index (χ1v) is 7.07. The van der Waals surface area contributed by atoms with Crippen LogP contribution < -0.4 is 0 Å². The van der Waals surface area contributed by atoms with Gasteiger partial charge in [-0.3, -0.25) is 4.79 Å². The molecule has 1 aliphatic carbocycles. The van der Waals surface area contributed by atoms with Crippen molar-refractivity contribution in [2.45, 2.75) is 32.1 Å². The first-order chi connectivity index (χ1) is 10.0. The molecule has 1 aromatic heterocycles. The van der Waals surface area contributed by atoms with Crippen molar-refractivity contribution in [3.05, 3.63) is 29.6 Å². The van der Waals surface area contributed by atoms with Crippen molar-refractivity contribution in [2.24, 2.45) is 11.8 Å². The van der Waals surface area contributed by atoms with Gasteiger partial charge in [0.15, 0.2) is 11.6 Å². The van der Waals surface area contributed by atoms with Gasteiger partial charge in [0.1, 0.15) is 11.3 Å². The number of carbonyl (C=O) groups is 1. The second-order valence-electron chi connectivity index (χ2n) is 5.68. The van der Waals surface area contributed by atoms with Crippen molar-refractivity contribution in [2.75, 3.05) is 0 Å². The zero-order valence-electron chi connectivity index (χ0n) is 11.6. The first kappa shape index (κ1) is 14.0. The maximum atomic E-state index is 13.7. The summed E-state index contributed by atoms with van der Waals surface area (Å²) in [5, 5.41) is 9.36. The summed E-state index contributed by atoms with van der Waals surface area (Å²) >= 11 is 0. The number of hydrogen-bond acceptors (Lipinski definition) is 2. The van der Waals surface area contributed by atoms with Crippen LogP contribution in [0.3, 0.4) is 0 Å². The van der Waals surface area contributed by atoms with Crippen LogP contribution in [-0.4, -0.2) is 21.0 Å². The molecular weight excluding hydrogens is 278 g/mol. The fraction of sp³-hybridized carbons (Fsp3) is 0.467. The van der Waals surface area contributed by atoms with E-state index in [0.29, 0.717) is 30.1 Å². The Bertz CT molecular complexity index is 698. The van der Waals surface area contributed by atoms with Gasteiger partial charge in [0, 0.05) is 5.92 Å². The Balaban J connectivity index is 2.03. The van der Waals surface area contributed by atoms with Crippen molar-refractivity contribution >= 4 is 17.0 Å². The monoisotopic (exact) mass is 294 g/mol. The van der Waals surface area contributed by atoms with Crippen LogP contribution in [0, 0.1) is 23.5 Å². The lowest BCUT2D eigenvalue weighted by atomic mass is 9.96. The summed E-state index contributed by atoms with van der Waals surface area (Å²) in [6, 6.07) is 2.46. The van der Waals surface area contributed by atoms with Crippen LogP contribution in [0.2, 0.25) is 0 Å². The van der Waals surface area contributed by atoms with Gasteiger partial charge < -0.3 is 10.1 Å². The number of benzene rings is 1. The van der Waals surface area contributed by atoms with E-state index in [9.17, 15) is 18.7 Å². The normalized spacial score (nSPS) is 25.6. The topological polar surface area (TPSA) is 66.0 Å². The van der Waals surface area contributed by atoms with E-state index in [-0.39, 0.29) is 11.4 Å². The molecule has 1 saturated carbocycles. The van der Waals surface area contributed by atoms with E-state index in [1.54, 1.807) is 0 Å². The number of rotatable bonds is 3. The van der Waals surface area contributed by atoms with Gasteiger partial charge in [-0.25, -0.2) is 13.8 Å². The maximum absolute atomic E-state index is 13.7. The number of imidazole rings is 1. The Morgan fingerprint density at radius 1 is 1.43 bits per heavy atom. The fourth-order valence-corrected chi connectivity index (χ4v) is 3.26. The molecule has 1 heterocycles. The summed E-state index contributed by atoms with van der Waals surface area (Å²) in [6.45, 7) is 2.03. The van der Waals surface area contributed by atoms with Gasteiger partial charge >= 0.3 is 5.97 Å². The predicted molar refractivity (Wildman–Crippen MR) is 72.9 cm³/mol. The molecule has 0 amide bonds. The number of nitrogens with one attached hydrogen (secondary N) is 1. The third-order valence-corrected chi connectivity index (χ3v) is 4.47. The van der Waals surface area contributed by atoms with E-state index < -0.39 is 23.5 Å². The highest BCUT2D eigenvalue weighted by Crippen LogP contribution is 2.44. The molecule has 0 bridgehead atoms. The number of H-pyrrole nitrogens is 1. The Kier molecular flexibility index (Phi) is 3.39. The highest BCUT2D eigenvalue weighted by molar-refractivity contribution is 5.77. The summed E-state index contributed by atoms with van der Waals surface area (Å²) in [6.07, 6.45) is 2.21. The van der Waals surface area contributed by atoms with E-state index in [1.807, 2.05) is 6.92 Å². The highest BCUT2D eigenvalue weighted by atomic mass is 19.2. The first-order valence-electron chi connectivity index (χ1n) is 7.07. The zero-order valence-corrected chi connectivity index (χ0v) is 11.6. The Morgan fingerprint density at radius 3 is 2.86 bits per heavy atom. The molecule has 2 N–H and O–H groups in total. The zero-order chi connectivity index (χ0) is 15.1. The minimum Gasteiger partial charge on any atom is -0.481 e. The molecule has 112 valence electrons. The number of fused-ring (bicyclic) bond motifs is 1. The number of hydrogen-bond donors (Lipinski definition) is 2. The van der Waals surface area contributed by atoms with E-state index in [2.05, 4.69) is 9.97 Å². The summed E-state index contributed by atoms with van der Waals surface area (Å²) in [7, 11) is 0. The molecule has 3 rings (SSSR count). The molecule has 21 heavy (non-hydrogen) atoms. The Morgan fingerprint density at radius 2 is 2.19 bits per heavy atom. The number of nitrogens with zero attached hydrogens (tertiary/aromatic N) is 1. The lowest BCUT2D eigenvalue weighted by molar-refractivity contribution is -0.142. The molecule has 1 aromatic carbocycles. The third-order valence-electron chi connectivity index (χ3n) is 4.47. The Labute approximate surface area is 120 Å². The van der Waals surface area contributed by atoms with Gasteiger partial charge in [-0.2, -0.15) is 0 Å². The molecule has 6 heteroatoms. The molecule has 0 aliphatic heterocycles. The molecule has 3 unspecified atom stereocenters. The molecule has 2 aromatic rings. The number of halogens is 2. The van der Waals surface area contributed by atoms with Crippen molar-refractivity contribution in [1.82, 2.24) is 9.97 Å². The summed E-state index contributed by atoms with van der Waals surface area (Å²) in [4.78, 5) is 18.5. The molecule has 1 aliphatic rings. The quantitative estimate of drug-likeness (QED) is 0.911. The lowest BCUT2D eigenvalue weighted by Crippen LogP contribution is -2.17. The van der Waals surface area contributed by atoms with Crippen LogP contribution in [0.4, 0.5) is 8.78 Å². The maximum Gasteiger partial charge on any atom is 0.307 e. The van der Waals surface area contributed by atoms with Gasteiger partial charge in [0.05, 0.1) is 11.4 Å². The van der Waals surface area contributed by atoms with E-state index in [4.69, 9.17) is 0 Å². The smallest absolute Gasteiger partial charge is 0.307 e. The second-order valence-corrected chi connectivity index (χ2v) is 5.68. The van der Waals surface area contributed by atoms with Crippen LogP contribution >= 0.6 is 0 Å². The number of carboxylic acids is 1. The van der Waals surface area contributed by atoms with Gasteiger partial charge in [0.2, 0.25) is 0 Å². The van der Waals surface area contributed by atoms with E-state index >= 15 is 0 Å². The van der Waals surface area contributed by atoms with Crippen molar-refractivity contribution in [3.8, 4) is 0 Å². The summed E-state index contributed by atoms with van der Waals surface area (Å²) in [5.74, 6) is -2.84. The van der Waals surface area contributed by atoms with Crippen LogP contribution in [-0.2, 0) is 4.79 Å². The molecular formula is C15H16F2N2O2.